The Morgan fingerprint density at radius 1 is 1.18 bits per heavy atom. The lowest BCUT2D eigenvalue weighted by atomic mass is 10.3. The lowest BCUT2D eigenvalue weighted by molar-refractivity contribution is -0.114. The van der Waals surface area contributed by atoms with Gasteiger partial charge in [-0.15, -0.1) is 11.3 Å². The maximum absolute atomic E-state index is 12.2. The van der Waals surface area contributed by atoms with E-state index >= 15 is 0 Å². The summed E-state index contributed by atoms with van der Waals surface area (Å²) in [4.78, 5) is 28.4. The van der Waals surface area contributed by atoms with Crippen molar-refractivity contribution < 1.29 is 9.59 Å². The third-order valence-electron chi connectivity index (χ3n) is 3.00. The van der Waals surface area contributed by atoms with Crippen LogP contribution in [0.1, 0.15) is 22.2 Å². The number of benzene rings is 1. The summed E-state index contributed by atoms with van der Waals surface area (Å²) >= 11 is 2.79. The van der Waals surface area contributed by atoms with Gasteiger partial charge < -0.3 is 5.32 Å². The molecule has 0 spiro atoms. The van der Waals surface area contributed by atoms with E-state index in [1.807, 2.05) is 30.5 Å². The number of aromatic nitrogens is 1. The summed E-state index contributed by atoms with van der Waals surface area (Å²) < 4.78 is 0.907. The Morgan fingerprint density at radius 2 is 2.00 bits per heavy atom. The molecule has 2 aromatic heterocycles. The van der Waals surface area contributed by atoms with Gasteiger partial charge in [0, 0.05) is 12.6 Å². The van der Waals surface area contributed by atoms with E-state index in [1.165, 1.54) is 29.6 Å². The van der Waals surface area contributed by atoms with Crippen LogP contribution in [0.3, 0.4) is 0 Å². The van der Waals surface area contributed by atoms with Crippen molar-refractivity contribution in [2.75, 3.05) is 10.6 Å². The van der Waals surface area contributed by atoms with Crippen LogP contribution in [-0.2, 0) is 4.79 Å². The molecule has 3 aromatic rings. The number of amides is 2. The summed E-state index contributed by atoms with van der Waals surface area (Å²) in [5.41, 5.74) is 2.46. The average Bonchev–Trinajstić information content (AvgIpc) is 3.03. The number of fused-ring (bicyclic) bond motifs is 1. The molecule has 0 atom stereocenters. The second-order valence-corrected chi connectivity index (χ2v) is 6.72. The van der Waals surface area contributed by atoms with Crippen LogP contribution in [0.4, 0.5) is 10.8 Å². The third-order valence-corrected chi connectivity index (χ3v) is 4.95. The van der Waals surface area contributed by atoms with E-state index in [0.29, 0.717) is 10.0 Å². The van der Waals surface area contributed by atoms with Crippen LogP contribution in [0.2, 0.25) is 0 Å². The van der Waals surface area contributed by atoms with Crippen LogP contribution in [0.15, 0.2) is 29.6 Å². The SMILES string of the molecule is CC(=O)Nc1ccc2nc(NC(=O)c3sccc3C)sc2c1. The van der Waals surface area contributed by atoms with Crippen molar-refractivity contribution in [3.63, 3.8) is 0 Å². The van der Waals surface area contributed by atoms with Gasteiger partial charge >= 0.3 is 0 Å². The molecule has 0 bridgehead atoms. The maximum atomic E-state index is 12.2. The van der Waals surface area contributed by atoms with Gasteiger partial charge in [0.2, 0.25) is 5.91 Å². The van der Waals surface area contributed by atoms with E-state index in [4.69, 9.17) is 0 Å². The highest BCUT2D eigenvalue weighted by Gasteiger charge is 2.13. The molecule has 0 unspecified atom stereocenters. The second-order valence-electron chi connectivity index (χ2n) is 4.77. The molecule has 2 N–H and O–H groups in total. The Balaban J connectivity index is 1.84. The van der Waals surface area contributed by atoms with Gasteiger partial charge in [0.1, 0.15) is 0 Å². The van der Waals surface area contributed by atoms with Gasteiger partial charge in [-0.1, -0.05) is 11.3 Å². The summed E-state index contributed by atoms with van der Waals surface area (Å²) in [5, 5.41) is 8.00. The Hall–Kier alpha value is -2.25. The first kappa shape index (κ1) is 14.7. The van der Waals surface area contributed by atoms with E-state index in [-0.39, 0.29) is 11.8 Å². The van der Waals surface area contributed by atoms with E-state index in [9.17, 15) is 9.59 Å². The van der Waals surface area contributed by atoms with Gasteiger partial charge in [-0.2, -0.15) is 0 Å². The summed E-state index contributed by atoms with van der Waals surface area (Å²) in [6, 6.07) is 7.37. The Kier molecular flexibility index (Phi) is 3.91. The predicted octanol–water partition coefficient (Wildman–Crippen LogP) is 3.88. The van der Waals surface area contributed by atoms with Crippen LogP contribution in [0.25, 0.3) is 10.2 Å². The number of nitrogens with one attached hydrogen (secondary N) is 2. The molecule has 3 rings (SSSR count). The largest absolute Gasteiger partial charge is 0.326 e. The van der Waals surface area contributed by atoms with Gasteiger partial charge in [0.15, 0.2) is 5.13 Å². The van der Waals surface area contributed by atoms with Crippen molar-refractivity contribution >= 4 is 55.5 Å². The van der Waals surface area contributed by atoms with Crippen molar-refractivity contribution in [2.24, 2.45) is 0 Å². The molecular weight excluding hydrogens is 318 g/mol. The van der Waals surface area contributed by atoms with Crippen LogP contribution < -0.4 is 10.6 Å². The van der Waals surface area contributed by atoms with Crippen molar-refractivity contribution in [3.05, 3.63) is 40.1 Å². The number of carbonyl (C=O) groups excluding carboxylic acids is 2. The fourth-order valence-corrected chi connectivity index (χ4v) is 3.74. The number of aryl methyl sites for hydroxylation is 1. The standard InChI is InChI=1S/C15H13N3O2S2/c1-8-5-6-21-13(8)14(20)18-15-17-11-4-3-10(16-9(2)19)7-12(11)22-15/h3-7H,1-2H3,(H,16,19)(H,17,18,20). The summed E-state index contributed by atoms with van der Waals surface area (Å²) in [6.45, 7) is 3.37. The normalized spacial score (nSPS) is 10.6. The first-order valence-corrected chi connectivity index (χ1v) is 8.26. The predicted molar refractivity (Wildman–Crippen MR) is 90.9 cm³/mol. The number of hydrogen-bond acceptors (Lipinski definition) is 5. The van der Waals surface area contributed by atoms with Crippen molar-refractivity contribution in [2.45, 2.75) is 13.8 Å². The van der Waals surface area contributed by atoms with Crippen LogP contribution in [-0.4, -0.2) is 16.8 Å². The Labute approximate surface area is 135 Å². The van der Waals surface area contributed by atoms with Gasteiger partial charge in [-0.05, 0) is 42.1 Å². The molecule has 112 valence electrons. The van der Waals surface area contributed by atoms with Gasteiger partial charge in [0.05, 0.1) is 15.1 Å². The third kappa shape index (κ3) is 3.00. The lowest BCUT2D eigenvalue weighted by Gasteiger charge is -1.99. The molecule has 2 amide bonds. The smallest absolute Gasteiger partial charge is 0.267 e. The Bertz CT molecular complexity index is 867. The fraction of sp³-hybridized carbons (Fsp3) is 0.133. The molecule has 0 aliphatic rings. The monoisotopic (exact) mass is 331 g/mol. The number of thiophene rings is 1. The van der Waals surface area contributed by atoms with Crippen LogP contribution >= 0.6 is 22.7 Å². The van der Waals surface area contributed by atoms with Crippen LogP contribution in [0.5, 0.6) is 0 Å². The van der Waals surface area contributed by atoms with Gasteiger partial charge in [0.25, 0.3) is 5.91 Å². The van der Waals surface area contributed by atoms with Gasteiger partial charge in [-0.25, -0.2) is 4.98 Å². The summed E-state index contributed by atoms with van der Waals surface area (Å²) in [5.74, 6) is -0.265. The number of anilines is 2. The molecule has 0 aliphatic heterocycles. The van der Waals surface area contributed by atoms with Crippen molar-refractivity contribution in [3.8, 4) is 0 Å². The molecule has 5 nitrogen and oxygen atoms in total. The highest BCUT2D eigenvalue weighted by Crippen LogP contribution is 2.29. The molecule has 1 aromatic carbocycles. The van der Waals surface area contributed by atoms with Crippen LogP contribution in [0, 0.1) is 6.92 Å². The zero-order valence-corrected chi connectivity index (χ0v) is 13.6. The number of hydrogen-bond donors (Lipinski definition) is 2. The molecule has 0 radical (unpaired) electrons. The minimum atomic E-state index is -0.145. The van der Waals surface area contributed by atoms with E-state index in [1.54, 1.807) is 6.07 Å². The lowest BCUT2D eigenvalue weighted by Crippen LogP contribution is -2.10. The van der Waals surface area contributed by atoms with Crippen molar-refractivity contribution in [1.29, 1.82) is 0 Å². The van der Waals surface area contributed by atoms with E-state index in [0.717, 1.165) is 21.5 Å². The zero-order valence-electron chi connectivity index (χ0n) is 12.0. The quantitative estimate of drug-likeness (QED) is 0.765. The maximum Gasteiger partial charge on any atom is 0.267 e. The molecule has 0 saturated carbocycles. The molecule has 22 heavy (non-hydrogen) atoms. The number of thiazole rings is 1. The van der Waals surface area contributed by atoms with Crippen molar-refractivity contribution in [1.82, 2.24) is 4.98 Å². The highest BCUT2D eigenvalue weighted by atomic mass is 32.1. The molecule has 2 heterocycles. The molecule has 7 heteroatoms. The zero-order chi connectivity index (χ0) is 15.7. The first-order valence-electron chi connectivity index (χ1n) is 6.56. The van der Waals surface area contributed by atoms with E-state index < -0.39 is 0 Å². The summed E-state index contributed by atoms with van der Waals surface area (Å²) in [7, 11) is 0. The van der Waals surface area contributed by atoms with E-state index in [2.05, 4.69) is 15.6 Å². The number of carbonyl (C=O) groups is 2. The molecule has 0 aliphatic carbocycles. The fourth-order valence-electron chi connectivity index (χ4n) is 2.02. The number of rotatable bonds is 3. The molecular formula is C15H13N3O2S2. The molecule has 0 saturated heterocycles. The highest BCUT2D eigenvalue weighted by molar-refractivity contribution is 7.22. The minimum absolute atomic E-state index is 0.120. The van der Waals surface area contributed by atoms with Gasteiger partial charge in [-0.3, -0.25) is 14.9 Å². The number of nitrogens with zero attached hydrogens (tertiary/aromatic N) is 1. The topological polar surface area (TPSA) is 71.1 Å². The second kappa shape index (κ2) is 5.86. The Morgan fingerprint density at radius 3 is 2.68 bits per heavy atom. The molecule has 0 fully saturated rings. The first-order chi connectivity index (χ1) is 10.5. The minimum Gasteiger partial charge on any atom is -0.326 e. The summed E-state index contributed by atoms with van der Waals surface area (Å²) in [6.07, 6.45) is 0. The average molecular weight is 331 g/mol.